The molecule has 1 saturated carbocycles. The number of rotatable bonds is 7. The normalized spacial score (nSPS) is 15.6. The molecule has 0 spiro atoms. The Balaban J connectivity index is 0.00000364. The van der Waals surface area contributed by atoms with Gasteiger partial charge < -0.3 is 20.3 Å². The molecule has 0 aliphatic heterocycles. The van der Waals surface area contributed by atoms with Crippen molar-refractivity contribution in [3.63, 3.8) is 0 Å². The van der Waals surface area contributed by atoms with Crippen molar-refractivity contribution in [1.29, 1.82) is 0 Å². The number of benzene rings is 1. The molecule has 1 aliphatic rings. The number of hydrogen-bond donors (Lipinski definition) is 2. The fourth-order valence-electron chi connectivity index (χ4n) is 3.51. The highest BCUT2D eigenvalue weighted by Crippen LogP contribution is 2.38. The Morgan fingerprint density at radius 1 is 1.26 bits per heavy atom. The summed E-state index contributed by atoms with van der Waals surface area (Å²) in [7, 11) is 5.40. The van der Waals surface area contributed by atoms with E-state index in [9.17, 15) is 4.79 Å². The standard InChI is InChI=1S/C20H32N4O2.HI/c1-16-8-7-9-17(14-16)26-13-12-22-19(21-2)23-15-20(10-5-6-11-20)18(25)24(3)4;/h7-9,14H,5-6,10-13,15H2,1-4H3,(H2,21,22,23);1H. The highest BCUT2D eigenvalue weighted by Gasteiger charge is 2.42. The summed E-state index contributed by atoms with van der Waals surface area (Å²) in [4.78, 5) is 18.6. The average molecular weight is 488 g/mol. The Hall–Kier alpha value is -1.51. The van der Waals surface area contributed by atoms with E-state index in [4.69, 9.17) is 4.74 Å². The van der Waals surface area contributed by atoms with Crippen molar-refractivity contribution in [1.82, 2.24) is 15.5 Å². The van der Waals surface area contributed by atoms with Crippen LogP contribution in [0.15, 0.2) is 29.3 Å². The second kappa shape index (κ2) is 11.4. The van der Waals surface area contributed by atoms with Crippen LogP contribution in [0, 0.1) is 12.3 Å². The van der Waals surface area contributed by atoms with Crippen molar-refractivity contribution in [2.75, 3.05) is 40.8 Å². The molecular formula is C20H33IN4O2. The molecule has 27 heavy (non-hydrogen) atoms. The molecule has 1 amide bonds. The minimum atomic E-state index is -0.306. The molecule has 2 N–H and O–H groups in total. The molecule has 1 aliphatic carbocycles. The Morgan fingerprint density at radius 3 is 2.56 bits per heavy atom. The van der Waals surface area contributed by atoms with Crippen molar-refractivity contribution < 1.29 is 9.53 Å². The lowest BCUT2D eigenvalue weighted by atomic mass is 9.84. The number of amides is 1. The number of ether oxygens (including phenoxy) is 1. The predicted molar refractivity (Wildman–Crippen MR) is 121 cm³/mol. The van der Waals surface area contributed by atoms with E-state index in [-0.39, 0.29) is 35.3 Å². The number of carbonyl (C=O) groups is 1. The zero-order valence-electron chi connectivity index (χ0n) is 16.9. The maximum absolute atomic E-state index is 12.6. The lowest BCUT2D eigenvalue weighted by molar-refractivity contribution is -0.138. The Kier molecular flexibility index (Phi) is 9.90. The fraction of sp³-hybridized carbons (Fsp3) is 0.600. The summed E-state index contributed by atoms with van der Waals surface area (Å²) in [6.07, 6.45) is 4.09. The van der Waals surface area contributed by atoms with Gasteiger partial charge in [0.15, 0.2) is 5.96 Å². The highest BCUT2D eigenvalue weighted by atomic mass is 127. The van der Waals surface area contributed by atoms with Crippen molar-refractivity contribution in [2.45, 2.75) is 32.6 Å². The van der Waals surface area contributed by atoms with E-state index in [1.807, 2.05) is 45.3 Å². The average Bonchev–Trinajstić information content (AvgIpc) is 3.10. The molecule has 0 unspecified atom stereocenters. The third kappa shape index (κ3) is 6.86. The maximum atomic E-state index is 12.6. The van der Waals surface area contributed by atoms with Gasteiger partial charge >= 0.3 is 0 Å². The zero-order valence-corrected chi connectivity index (χ0v) is 19.2. The van der Waals surface area contributed by atoms with Crippen LogP contribution in [0.25, 0.3) is 0 Å². The Labute approximate surface area is 180 Å². The van der Waals surface area contributed by atoms with Crippen molar-refractivity contribution in [3.8, 4) is 5.75 Å². The van der Waals surface area contributed by atoms with E-state index in [1.54, 1.807) is 11.9 Å². The number of hydrogen-bond acceptors (Lipinski definition) is 3. The molecule has 0 heterocycles. The third-order valence-corrected chi connectivity index (χ3v) is 4.89. The van der Waals surface area contributed by atoms with Crippen LogP contribution in [0.5, 0.6) is 5.75 Å². The molecular weight excluding hydrogens is 455 g/mol. The molecule has 1 aromatic carbocycles. The Morgan fingerprint density at radius 2 is 1.96 bits per heavy atom. The summed E-state index contributed by atoms with van der Waals surface area (Å²) in [6.45, 7) is 3.85. The summed E-state index contributed by atoms with van der Waals surface area (Å²) in [5, 5.41) is 6.58. The smallest absolute Gasteiger partial charge is 0.230 e. The molecule has 0 atom stereocenters. The zero-order chi connectivity index (χ0) is 19.0. The largest absolute Gasteiger partial charge is 0.492 e. The van der Waals surface area contributed by atoms with E-state index in [0.29, 0.717) is 25.7 Å². The SMILES string of the molecule is CN=C(NCCOc1cccc(C)c1)NCC1(C(=O)N(C)C)CCCC1.I. The summed E-state index contributed by atoms with van der Waals surface area (Å²) >= 11 is 0. The highest BCUT2D eigenvalue weighted by molar-refractivity contribution is 14.0. The molecule has 0 radical (unpaired) electrons. The van der Waals surface area contributed by atoms with Crippen LogP contribution in [-0.4, -0.2) is 57.6 Å². The molecule has 0 saturated heterocycles. The second-order valence-electron chi connectivity index (χ2n) is 7.20. The summed E-state index contributed by atoms with van der Waals surface area (Å²) < 4.78 is 5.74. The molecule has 1 aromatic rings. The van der Waals surface area contributed by atoms with Gasteiger partial charge in [-0.05, 0) is 37.5 Å². The third-order valence-electron chi connectivity index (χ3n) is 4.89. The van der Waals surface area contributed by atoms with Gasteiger partial charge in [-0.25, -0.2) is 0 Å². The first-order valence-electron chi connectivity index (χ1n) is 9.32. The Bertz CT molecular complexity index is 628. The number of nitrogens with one attached hydrogen (secondary N) is 2. The number of aryl methyl sites for hydroxylation is 1. The van der Waals surface area contributed by atoms with Gasteiger partial charge in [0, 0.05) is 27.7 Å². The maximum Gasteiger partial charge on any atom is 0.230 e. The van der Waals surface area contributed by atoms with Crippen LogP contribution in [0.3, 0.4) is 0 Å². The molecule has 6 nitrogen and oxygen atoms in total. The van der Waals surface area contributed by atoms with Gasteiger partial charge in [-0.1, -0.05) is 25.0 Å². The lowest BCUT2D eigenvalue weighted by Crippen LogP contribution is -2.49. The van der Waals surface area contributed by atoms with Crippen LogP contribution >= 0.6 is 24.0 Å². The van der Waals surface area contributed by atoms with Gasteiger partial charge in [0.1, 0.15) is 12.4 Å². The minimum absolute atomic E-state index is 0. The quantitative estimate of drug-likeness (QED) is 0.268. The van der Waals surface area contributed by atoms with Crippen molar-refractivity contribution in [3.05, 3.63) is 29.8 Å². The van der Waals surface area contributed by atoms with Crippen LogP contribution in [0.1, 0.15) is 31.2 Å². The van der Waals surface area contributed by atoms with Gasteiger partial charge in [0.05, 0.1) is 12.0 Å². The van der Waals surface area contributed by atoms with Gasteiger partial charge in [-0.2, -0.15) is 0 Å². The van der Waals surface area contributed by atoms with Crippen LogP contribution in [0.4, 0.5) is 0 Å². The number of aliphatic imine (C=N–C) groups is 1. The number of nitrogens with zero attached hydrogens (tertiary/aromatic N) is 2. The van der Waals surface area contributed by atoms with Crippen LogP contribution < -0.4 is 15.4 Å². The first kappa shape index (κ1) is 23.5. The van der Waals surface area contributed by atoms with E-state index >= 15 is 0 Å². The lowest BCUT2D eigenvalue weighted by Gasteiger charge is -2.31. The van der Waals surface area contributed by atoms with E-state index < -0.39 is 0 Å². The van der Waals surface area contributed by atoms with Gasteiger partial charge in [-0.3, -0.25) is 9.79 Å². The first-order chi connectivity index (χ1) is 12.5. The molecule has 7 heteroatoms. The van der Waals surface area contributed by atoms with E-state index in [0.717, 1.165) is 31.4 Å². The van der Waals surface area contributed by atoms with Gasteiger partial charge in [0.25, 0.3) is 0 Å². The van der Waals surface area contributed by atoms with Crippen molar-refractivity contribution in [2.24, 2.45) is 10.4 Å². The monoisotopic (exact) mass is 488 g/mol. The summed E-state index contributed by atoms with van der Waals surface area (Å²) in [5.74, 6) is 1.78. The van der Waals surface area contributed by atoms with E-state index in [1.165, 1.54) is 5.56 Å². The summed E-state index contributed by atoms with van der Waals surface area (Å²) in [6, 6.07) is 8.01. The van der Waals surface area contributed by atoms with Crippen LogP contribution in [0.2, 0.25) is 0 Å². The topological polar surface area (TPSA) is 66.0 Å². The van der Waals surface area contributed by atoms with E-state index in [2.05, 4.69) is 15.6 Å². The summed E-state index contributed by atoms with van der Waals surface area (Å²) in [5.41, 5.74) is 0.875. The number of guanidine groups is 1. The molecule has 0 bridgehead atoms. The van der Waals surface area contributed by atoms with Gasteiger partial charge in [-0.15, -0.1) is 24.0 Å². The fourth-order valence-corrected chi connectivity index (χ4v) is 3.51. The first-order valence-corrected chi connectivity index (χ1v) is 9.32. The van der Waals surface area contributed by atoms with Gasteiger partial charge in [0.2, 0.25) is 5.91 Å². The number of carbonyl (C=O) groups excluding carboxylic acids is 1. The molecule has 152 valence electrons. The minimum Gasteiger partial charge on any atom is -0.492 e. The second-order valence-corrected chi connectivity index (χ2v) is 7.20. The number of halogens is 1. The molecule has 0 aromatic heterocycles. The van der Waals surface area contributed by atoms with Crippen molar-refractivity contribution >= 4 is 35.8 Å². The molecule has 2 rings (SSSR count). The van der Waals surface area contributed by atoms with Crippen LogP contribution in [-0.2, 0) is 4.79 Å². The predicted octanol–water partition coefficient (Wildman–Crippen LogP) is 2.81. The molecule has 1 fully saturated rings.